The fourth-order valence-corrected chi connectivity index (χ4v) is 11.2. The van der Waals surface area contributed by atoms with E-state index in [0.717, 1.165) is 96.3 Å². The fourth-order valence-electron chi connectivity index (χ4n) is 10.5. The van der Waals surface area contributed by atoms with Gasteiger partial charge in [-0.2, -0.15) is 0 Å². The van der Waals surface area contributed by atoms with Crippen molar-refractivity contribution in [3.05, 3.63) is 122 Å². The number of hydrogen-bond acceptors (Lipinski definition) is 6. The largest absolute Gasteiger partial charge is 0.756 e. The number of phosphoric acid groups is 1. The van der Waals surface area contributed by atoms with Crippen LogP contribution in [0.15, 0.2) is 122 Å². The van der Waals surface area contributed by atoms with Crippen LogP contribution >= 0.6 is 7.82 Å². The smallest absolute Gasteiger partial charge is 0.268 e. The van der Waals surface area contributed by atoms with Crippen molar-refractivity contribution < 1.29 is 32.9 Å². The first-order valence-electron chi connectivity index (χ1n) is 36.9. The molecule has 508 valence electrons. The van der Waals surface area contributed by atoms with Crippen molar-refractivity contribution >= 4 is 13.7 Å². The van der Waals surface area contributed by atoms with Crippen LogP contribution in [0.3, 0.4) is 0 Å². The van der Waals surface area contributed by atoms with E-state index in [0.29, 0.717) is 17.4 Å². The molecule has 0 rings (SSSR count). The van der Waals surface area contributed by atoms with Crippen LogP contribution < -0.4 is 10.2 Å². The zero-order chi connectivity index (χ0) is 64.1. The molecule has 0 aromatic carbocycles. The maximum absolute atomic E-state index is 13.1. The van der Waals surface area contributed by atoms with Crippen LogP contribution in [-0.2, 0) is 18.4 Å². The second kappa shape index (κ2) is 68.3. The molecule has 0 aromatic rings. The Balaban J connectivity index is 4.06. The Morgan fingerprint density at radius 3 is 1.01 bits per heavy atom. The number of nitrogens with zero attached hydrogens (tertiary/aromatic N) is 1. The first-order valence-corrected chi connectivity index (χ1v) is 38.4. The van der Waals surface area contributed by atoms with Crippen LogP contribution in [0.4, 0.5) is 0 Å². The quantitative estimate of drug-likeness (QED) is 0.0272. The van der Waals surface area contributed by atoms with Gasteiger partial charge in [0.1, 0.15) is 13.2 Å². The number of rotatable bonds is 67. The van der Waals surface area contributed by atoms with Gasteiger partial charge in [0.15, 0.2) is 0 Å². The minimum Gasteiger partial charge on any atom is -0.756 e. The topological polar surface area (TPSA) is 108 Å². The Bertz CT molecular complexity index is 1850. The summed E-state index contributed by atoms with van der Waals surface area (Å²) in [5, 5.41) is 14.0. The minimum atomic E-state index is -4.61. The number of likely N-dealkylation sites (N-methyl/N-ethyl adjacent to an activating group) is 1. The van der Waals surface area contributed by atoms with Gasteiger partial charge < -0.3 is 28.8 Å². The molecule has 0 aliphatic heterocycles. The zero-order valence-electron chi connectivity index (χ0n) is 58.1. The van der Waals surface area contributed by atoms with Gasteiger partial charge in [-0.15, -0.1) is 0 Å². The number of aliphatic hydroxyl groups excluding tert-OH is 1. The van der Waals surface area contributed by atoms with Crippen molar-refractivity contribution in [2.45, 2.75) is 334 Å². The second-order valence-electron chi connectivity index (χ2n) is 25.9. The van der Waals surface area contributed by atoms with E-state index in [4.69, 9.17) is 9.05 Å². The highest BCUT2D eigenvalue weighted by Crippen LogP contribution is 2.38. The number of carbonyl (C=O) groups excluding carboxylic acids is 1. The van der Waals surface area contributed by atoms with Gasteiger partial charge in [0.2, 0.25) is 5.91 Å². The molecule has 0 radical (unpaired) electrons. The lowest BCUT2D eigenvalue weighted by molar-refractivity contribution is -0.870. The summed E-state index contributed by atoms with van der Waals surface area (Å²) in [6.07, 6.45) is 102. The van der Waals surface area contributed by atoms with Crippen molar-refractivity contribution in [2.75, 3.05) is 40.9 Å². The first kappa shape index (κ1) is 84.9. The molecule has 0 bridgehead atoms. The Morgan fingerprint density at radius 2 is 0.693 bits per heavy atom. The third-order valence-electron chi connectivity index (χ3n) is 16.2. The van der Waals surface area contributed by atoms with E-state index >= 15 is 0 Å². The summed E-state index contributed by atoms with van der Waals surface area (Å²) in [6, 6.07) is -0.895. The number of unbranched alkanes of at least 4 members (excludes halogenated alkanes) is 36. The summed E-state index contributed by atoms with van der Waals surface area (Å²) in [4.78, 5) is 25.7. The second-order valence-corrected chi connectivity index (χ2v) is 27.3. The van der Waals surface area contributed by atoms with Gasteiger partial charge in [-0.1, -0.05) is 347 Å². The number of allylic oxidation sites excluding steroid dienone is 19. The molecule has 0 heterocycles. The average molecular weight is 1250 g/mol. The molecule has 3 unspecified atom stereocenters. The maximum atomic E-state index is 13.1. The summed E-state index contributed by atoms with van der Waals surface area (Å²) < 4.78 is 23.5. The average Bonchev–Trinajstić information content (AvgIpc) is 3.71. The zero-order valence-corrected chi connectivity index (χ0v) is 59.0. The maximum Gasteiger partial charge on any atom is 0.268 e. The van der Waals surface area contributed by atoms with E-state index in [1.807, 2.05) is 27.2 Å². The highest BCUT2D eigenvalue weighted by molar-refractivity contribution is 7.45. The molecule has 0 saturated heterocycles. The lowest BCUT2D eigenvalue weighted by Gasteiger charge is -2.29. The Morgan fingerprint density at radius 1 is 0.409 bits per heavy atom. The van der Waals surface area contributed by atoms with Gasteiger partial charge in [-0.25, -0.2) is 0 Å². The van der Waals surface area contributed by atoms with Gasteiger partial charge in [-0.3, -0.25) is 9.36 Å². The van der Waals surface area contributed by atoms with Crippen LogP contribution in [0.1, 0.15) is 322 Å². The van der Waals surface area contributed by atoms with E-state index in [2.05, 4.69) is 129 Å². The molecular formula is C79H141N2O6P. The third-order valence-corrected chi connectivity index (χ3v) is 17.1. The predicted octanol–water partition coefficient (Wildman–Crippen LogP) is 23.4. The van der Waals surface area contributed by atoms with Gasteiger partial charge in [0, 0.05) is 6.42 Å². The monoisotopic (exact) mass is 1250 g/mol. The molecule has 0 fully saturated rings. The normalized spacial score (nSPS) is 14.3. The molecule has 88 heavy (non-hydrogen) atoms. The number of quaternary nitrogens is 1. The number of phosphoric ester groups is 1. The standard InChI is InChI=1S/C79H141N2O6P/c1-6-8-10-12-14-16-18-20-22-24-26-28-30-32-33-34-35-36-37-38-39-40-41-42-43-44-45-46-47-49-51-53-55-57-59-61-63-65-67-69-71-73-79(83)80-77(76-87-88(84,85)86-75-74-81(3,4)5)78(82)72-70-68-66-64-62-60-58-56-54-52-50-48-31-29-27-25-23-21-19-17-15-13-11-9-7-2/h8,10,14,16,20,22,26,28,32-33,35-36,38-39,41-42,44-45,70,72,77-78,82H,6-7,9,11-13,15,17-19,21,23-25,27,29-31,34,37,40,43,46-69,71,73-76H2,1-5H3,(H-,80,83,84,85)/b10-8-,16-14-,22-20-,28-26-,33-32-,36-35-,39-38-,42-41-,45-44-,72-70+. The van der Waals surface area contributed by atoms with Crippen molar-refractivity contribution in [3.8, 4) is 0 Å². The molecule has 8 nitrogen and oxygen atoms in total. The van der Waals surface area contributed by atoms with E-state index in [1.165, 1.54) is 205 Å². The summed E-state index contributed by atoms with van der Waals surface area (Å²) in [7, 11) is 1.26. The van der Waals surface area contributed by atoms with Gasteiger partial charge in [0.25, 0.3) is 7.82 Å². The highest BCUT2D eigenvalue weighted by atomic mass is 31.2. The lowest BCUT2D eigenvalue weighted by atomic mass is 10.0. The molecule has 0 aliphatic rings. The summed E-state index contributed by atoms with van der Waals surface area (Å²) >= 11 is 0. The molecule has 0 aromatic heterocycles. The Labute approximate surface area is 545 Å². The van der Waals surface area contributed by atoms with Gasteiger partial charge in [-0.05, 0) is 89.9 Å². The van der Waals surface area contributed by atoms with Crippen molar-refractivity contribution in [3.63, 3.8) is 0 Å². The van der Waals surface area contributed by atoms with Crippen LogP contribution in [-0.4, -0.2) is 68.5 Å². The summed E-state index contributed by atoms with van der Waals surface area (Å²) in [6.45, 7) is 4.56. The van der Waals surface area contributed by atoms with Crippen LogP contribution in [0, 0.1) is 0 Å². The lowest BCUT2D eigenvalue weighted by Crippen LogP contribution is -2.45. The van der Waals surface area contributed by atoms with Crippen molar-refractivity contribution in [1.29, 1.82) is 0 Å². The molecular weight excluding hydrogens is 1100 g/mol. The van der Waals surface area contributed by atoms with E-state index < -0.39 is 20.0 Å². The summed E-state index contributed by atoms with van der Waals surface area (Å²) in [5.41, 5.74) is 0. The van der Waals surface area contributed by atoms with E-state index in [9.17, 15) is 19.4 Å². The number of amides is 1. The van der Waals surface area contributed by atoms with Crippen LogP contribution in [0.2, 0.25) is 0 Å². The Hall–Kier alpha value is -3.10. The Kier molecular flexibility index (Phi) is 65.9. The van der Waals surface area contributed by atoms with Crippen LogP contribution in [0.5, 0.6) is 0 Å². The van der Waals surface area contributed by atoms with Crippen molar-refractivity contribution in [2.24, 2.45) is 0 Å². The van der Waals surface area contributed by atoms with E-state index in [1.54, 1.807) is 6.08 Å². The number of aliphatic hydroxyl groups is 1. The van der Waals surface area contributed by atoms with Crippen LogP contribution in [0.25, 0.3) is 0 Å². The molecule has 1 amide bonds. The fraction of sp³-hybridized carbons (Fsp3) is 0.734. The molecule has 3 atom stereocenters. The van der Waals surface area contributed by atoms with Gasteiger partial charge in [0.05, 0.1) is 39.9 Å². The molecule has 0 saturated carbocycles. The molecule has 0 aliphatic carbocycles. The predicted molar refractivity (Wildman–Crippen MR) is 385 cm³/mol. The van der Waals surface area contributed by atoms with Gasteiger partial charge >= 0.3 is 0 Å². The minimum absolute atomic E-state index is 0.00471. The highest BCUT2D eigenvalue weighted by Gasteiger charge is 2.23. The number of carbonyl (C=O) groups is 1. The SMILES string of the molecule is CC/C=C\C/C=C\C/C=C\C/C=C\C/C=C\C/C=C\C/C=C\C/C=C\C/C=C\CCCCCCCCCCCCCCCC(=O)NC(COP(=O)([O-])OCC[N+](C)(C)C)C(O)/C=C/CCCCCCCCCCCCCCCCCCCCCCCCC. The number of nitrogens with one attached hydrogen (secondary N) is 1. The molecule has 2 N–H and O–H groups in total. The summed E-state index contributed by atoms with van der Waals surface area (Å²) in [5.74, 6) is -0.199. The number of hydrogen-bond donors (Lipinski definition) is 2. The first-order chi connectivity index (χ1) is 43.0. The van der Waals surface area contributed by atoms with E-state index in [-0.39, 0.29) is 19.1 Å². The van der Waals surface area contributed by atoms with Crippen molar-refractivity contribution in [1.82, 2.24) is 5.32 Å². The molecule has 0 spiro atoms. The molecule has 9 heteroatoms. The third kappa shape index (κ3) is 70.4.